The first-order chi connectivity index (χ1) is 32.6. The predicted octanol–water partition coefficient (Wildman–Crippen LogP) is 9.88. The van der Waals surface area contributed by atoms with Gasteiger partial charge in [-0.3, -0.25) is 0 Å². The second-order valence-electron chi connectivity index (χ2n) is 16.8. The van der Waals surface area contributed by atoms with Gasteiger partial charge in [0.05, 0.1) is 59.0 Å². The maximum Gasteiger partial charge on any atom is 0.187 e. The Morgan fingerprint density at radius 1 is 0.348 bits per heavy atom. The van der Waals surface area contributed by atoms with Crippen LogP contribution in [0.1, 0.15) is 40.3 Å². The van der Waals surface area contributed by atoms with Gasteiger partial charge in [-0.25, -0.2) is 0 Å². The Balaban J connectivity index is 1.16. The third kappa shape index (κ3) is 13.5. The molecule has 2 fully saturated rings. The molecule has 2 saturated heterocycles. The molecule has 0 amide bonds. The van der Waals surface area contributed by atoms with Gasteiger partial charge in [-0.2, -0.15) is 0 Å². The number of hydrogen-bond donors (Lipinski definition) is 0. The van der Waals surface area contributed by atoms with Gasteiger partial charge in [-0.05, 0) is 33.4 Å². The Morgan fingerprint density at radius 3 is 1.06 bits per heavy atom. The topological polar surface area (TPSA) is 92.3 Å². The van der Waals surface area contributed by atoms with E-state index in [4.69, 9.17) is 47.4 Å². The number of ether oxygens (including phenoxy) is 10. The second-order valence-corrected chi connectivity index (χ2v) is 16.8. The van der Waals surface area contributed by atoms with Crippen molar-refractivity contribution in [3.8, 4) is 0 Å². The summed E-state index contributed by atoms with van der Waals surface area (Å²) in [5.74, 6) is -0.251. The van der Waals surface area contributed by atoms with Crippen LogP contribution in [-0.4, -0.2) is 75.6 Å². The lowest BCUT2D eigenvalue weighted by molar-refractivity contribution is -0.368. The minimum atomic E-state index is -1.00. The van der Waals surface area contributed by atoms with Crippen molar-refractivity contribution in [2.75, 3.05) is 20.3 Å². The summed E-state index contributed by atoms with van der Waals surface area (Å²) in [7, 11) is 1.65. The Morgan fingerprint density at radius 2 is 0.667 bits per heavy atom. The quantitative estimate of drug-likeness (QED) is 0.0619. The highest BCUT2D eigenvalue weighted by atomic mass is 16.8. The van der Waals surface area contributed by atoms with E-state index < -0.39 is 55.3 Å². The lowest BCUT2D eigenvalue weighted by Crippen LogP contribution is -2.65. The summed E-state index contributed by atoms with van der Waals surface area (Å²) in [6.07, 6.45) is -6.22. The Bertz CT molecular complexity index is 2220. The van der Waals surface area contributed by atoms with Crippen molar-refractivity contribution >= 4 is 0 Å². The molecule has 0 unspecified atom stereocenters. The third-order valence-electron chi connectivity index (χ3n) is 12.0. The smallest absolute Gasteiger partial charge is 0.187 e. The monoisotopic (exact) mass is 894 g/mol. The average Bonchev–Trinajstić information content (AvgIpc) is 3.37. The first-order valence-electron chi connectivity index (χ1n) is 23.0. The number of methoxy groups -OCH3 is 1. The zero-order valence-corrected chi connectivity index (χ0v) is 37.8. The van der Waals surface area contributed by atoms with E-state index in [1.165, 1.54) is 0 Å². The highest BCUT2D eigenvalue weighted by molar-refractivity contribution is 5.18. The van der Waals surface area contributed by atoms with Crippen LogP contribution >= 0.6 is 0 Å². The molecule has 0 aromatic heterocycles. The fourth-order valence-corrected chi connectivity index (χ4v) is 8.50. The van der Waals surface area contributed by atoms with Crippen molar-refractivity contribution in [1.82, 2.24) is 0 Å². The summed E-state index contributed by atoms with van der Waals surface area (Å²) in [5, 5.41) is 0. The summed E-state index contributed by atoms with van der Waals surface area (Å²) >= 11 is 0. The van der Waals surface area contributed by atoms with Crippen LogP contribution in [0.4, 0.5) is 0 Å². The largest absolute Gasteiger partial charge is 0.374 e. The molecule has 2 heterocycles. The number of rotatable bonds is 23. The molecule has 0 bridgehead atoms. The molecule has 8 rings (SSSR count). The van der Waals surface area contributed by atoms with E-state index in [0.29, 0.717) is 33.0 Å². The molecule has 0 aliphatic carbocycles. The van der Waals surface area contributed by atoms with E-state index in [1.54, 1.807) is 7.11 Å². The van der Waals surface area contributed by atoms with Crippen molar-refractivity contribution in [3.05, 3.63) is 215 Å². The van der Waals surface area contributed by atoms with Crippen LogP contribution in [0.2, 0.25) is 0 Å². The molecule has 66 heavy (non-hydrogen) atoms. The lowest BCUT2D eigenvalue weighted by atomic mass is 9.91. The van der Waals surface area contributed by atoms with Gasteiger partial charge in [0.15, 0.2) is 12.6 Å². The van der Waals surface area contributed by atoms with Gasteiger partial charge in [-0.15, -0.1) is 0 Å². The van der Waals surface area contributed by atoms with Gasteiger partial charge in [0.1, 0.15) is 36.6 Å². The summed E-state index contributed by atoms with van der Waals surface area (Å²) in [6.45, 7) is 4.42. The van der Waals surface area contributed by atoms with E-state index in [9.17, 15) is 0 Å². The molecule has 6 aromatic carbocycles. The minimum absolute atomic E-state index is 0.186. The van der Waals surface area contributed by atoms with Crippen LogP contribution in [0.5, 0.6) is 0 Å². The van der Waals surface area contributed by atoms with Gasteiger partial charge < -0.3 is 47.4 Å². The number of benzene rings is 6. The van der Waals surface area contributed by atoms with Crippen molar-refractivity contribution in [2.45, 2.75) is 102 Å². The van der Waals surface area contributed by atoms with Gasteiger partial charge in [-0.1, -0.05) is 189 Å². The van der Waals surface area contributed by atoms with Crippen LogP contribution in [0, 0.1) is 5.92 Å². The van der Waals surface area contributed by atoms with Crippen molar-refractivity contribution in [2.24, 2.45) is 5.92 Å². The van der Waals surface area contributed by atoms with E-state index >= 15 is 0 Å². The molecular formula is C56H62O10. The van der Waals surface area contributed by atoms with Crippen molar-refractivity contribution in [3.63, 3.8) is 0 Å². The molecule has 0 saturated carbocycles. The molecule has 10 heteroatoms. The molecule has 0 radical (unpaired) electrons. The Labute approximate surface area is 389 Å². The highest BCUT2D eigenvalue weighted by Gasteiger charge is 2.53. The first kappa shape index (κ1) is 47.4. The third-order valence-corrected chi connectivity index (χ3v) is 12.0. The van der Waals surface area contributed by atoms with E-state index in [-0.39, 0.29) is 25.7 Å². The molecule has 10 atom stereocenters. The molecule has 2 aliphatic heterocycles. The first-order valence-corrected chi connectivity index (χ1v) is 23.0. The molecule has 0 spiro atoms. The van der Waals surface area contributed by atoms with Crippen LogP contribution in [-0.2, 0) is 87.0 Å². The van der Waals surface area contributed by atoms with Gasteiger partial charge >= 0.3 is 0 Å². The lowest BCUT2D eigenvalue weighted by Gasteiger charge is -2.50. The normalized spacial score (nSPS) is 25.4. The highest BCUT2D eigenvalue weighted by Crippen LogP contribution is 2.37. The molecular weight excluding hydrogens is 833 g/mol. The SMILES string of the molecule is CO[C@@H]1O[C@H](COCc2ccccc2)[C@@H](O[C@H]2O[C@H](COCc3ccccc3)[C@@H](OCc3ccccc3)[C@H](OCc3ccccc3)[C@H]2OCc2ccccc2)[C@H](OCc2ccccc2)[C@H]1C. The maximum atomic E-state index is 7.38. The average molecular weight is 895 g/mol. The molecule has 2 aliphatic rings. The molecule has 0 N–H and O–H groups in total. The zero-order valence-electron chi connectivity index (χ0n) is 37.8. The Kier molecular flexibility index (Phi) is 18.1. The summed E-state index contributed by atoms with van der Waals surface area (Å²) < 4.78 is 68.0. The zero-order chi connectivity index (χ0) is 45.2. The fourth-order valence-electron chi connectivity index (χ4n) is 8.50. The van der Waals surface area contributed by atoms with E-state index in [0.717, 1.165) is 33.4 Å². The van der Waals surface area contributed by atoms with Crippen LogP contribution in [0.15, 0.2) is 182 Å². The summed E-state index contributed by atoms with van der Waals surface area (Å²) in [5.41, 5.74) is 6.13. The van der Waals surface area contributed by atoms with Crippen LogP contribution in [0.3, 0.4) is 0 Å². The van der Waals surface area contributed by atoms with E-state index in [2.05, 4.69) is 31.2 Å². The van der Waals surface area contributed by atoms with Crippen molar-refractivity contribution < 1.29 is 47.4 Å². The minimum Gasteiger partial charge on any atom is -0.374 e. The second kappa shape index (κ2) is 25.2. The maximum absolute atomic E-state index is 7.38. The van der Waals surface area contributed by atoms with Crippen molar-refractivity contribution in [1.29, 1.82) is 0 Å². The fraction of sp³-hybridized carbons (Fsp3) is 0.357. The van der Waals surface area contributed by atoms with Crippen LogP contribution < -0.4 is 0 Å². The van der Waals surface area contributed by atoms with Gasteiger partial charge in [0.25, 0.3) is 0 Å². The molecule has 10 nitrogen and oxygen atoms in total. The predicted molar refractivity (Wildman–Crippen MR) is 251 cm³/mol. The molecule has 6 aromatic rings. The van der Waals surface area contributed by atoms with E-state index in [1.807, 2.05) is 158 Å². The van der Waals surface area contributed by atoms with Crippen LogP contribution in [0.25, 0.3) is 0 Å². The number of hydrogen-bond acceptors (Lipinski definition) is 10. The Hall–Kier alpha value is -5.08. The standard InChI is InChI=1S/C56H62O10/c1-41-50(60-35-44-25-13-5-14-26-44)52(49(64-55(41)57-2)40-59-34-43-23-11-4-12-24-43)66-56-54(63-38-47-31-19-8-20-32-47)53(62-37-46-29-17-7-18-30-46)51(61-36-45-27-15-6-16-28-45)48(65-56)39-58-33-42-21-9-3-10-22-42/h3-32,41,48-56H,33-40H2,1-2H3/t41-,48-,49-,50-,51-,52-,53+,54-,55-,56-/m1/s1. The van der Waals surface area contributed by atoms with Gasteiger partial charge in [0.2, 0.25) is 0 Å². The summed E-state index contributed by atoms with van der Waals surface area (Å²) in [6, 6.07) is 60.6. The molecule has 346 valence electrons. The summed E-state index contributed by atoms with van der Waals surface area (Å²) in [4.78, 5) is 0. The van der Waals surface area contributed by atoms with Gasteiger partial charge in [0, 0.05) is 13.0 Å².